The van der Waals surface area contributed by atoms with Crippen LogP contribution in [0.15, 0.2) is 17.2 Å². The van der Waals surface area contributed by atoms with Gasteiger partial charge in [0.05, 0.1) is 12.6 Å². The number of azide groups is 1. The summed E-state index contributed by atoms with van der Waals surface area (Å²) in [6, 6.07) is 2.89. The van der Waals surface area contributed by atoms with Gasteiger partial charge in [-0.25, -0.2) is 0 Å². The number of aryl methyl sites for hydroxylation is 1. The summed E-state index contributed by atoms with van der Waals surface area (Å²) >= 11 is 5.79. The normalized spacial score (nSPS) is 13.9. The highest BCUT2D eigenvalue weighted by Crippen LogP contribution is 2.32. The van der Waals surface area contributed by atoms with Gasteiger partial charge in [-0.15, -0.1) is 0 Å². The summed E-state index contributed by atoms with van der Waals surface area (Å²) in [6.07, 6.45) is -2.66. The molecule has 2 unspecified atom stereocenters. The summed E-state index contributed by atoms with van der Waals surface area (Å²) in [5.41, 5.74) is 8.70. The summed E-state index contributed by atoms with van der Waals surface area (Å²) in [5.74, 6) is -0.137. The number of aliphatic hydroxyl groups excluding tert-OH is 2. The Labute approximate surface area is 103 Å². The molecular weight excluding hydrogens is 246 g/mol. The molecule has 6 nitrogen and oxygen atoms in total. The largest absolute Gasteiger partial charge is 0.507 e. The first-order valence-corrected chi connectivity index (χ1v) is 5.21. The fourth-order valence-electron chi connectivity index (χ4n) is 1.41. The second-order valence-electron chi connectivity index (χ2n) is 3.59. The fourth-order valence-corrected chi connectivity index (χ4v) is 1.70. The lowest BCUT2D eigenvalue weighted by atomic mass is 10.0. The van der Waals surface area contributed by atoms with E-state index in [0.717, 1.165) is 0 Å². The number of hydrogen-bond donors (Lipinski definition) is 3. The van der Waals surface area contributed by atoms with Crippen LogP contribution in [0.25, 0.3) is 10.4 Å². The number of rotatable bonds is 4. The maximum atomic E-state index is 9.79. The maximum Gasteiger partial charge on any atom is 0.124 e. The first kappa shape index (κ1) is 13.6. The quantitative estimate of drug-likeness (QED) is 0.436. The van der Waals surface area contributed by atoms with Crippen LogP contribution in [-0.2, 0) is 0 Å². The van der Waals surface area contributed by atoms with Gasteiger partial charge in [-0.1, -0.05) is 16.7 Å². The number of aliphatic hydroxyl groups is 2. The van der Waals surface area contributed by atoms with E-state index in [4.69, 9.17) is 17.1 Å². The average Bonchev–Trinajstić information content (AvgIpc) is 2.29. The molecule has 1 aromatic rings. The van der Waals surface area contributed by atoms with Gasteiger partial charge in [0.2, 0.25) is 0 Å². The number of halogens is 1. The monoisotopic (exact) mass is 257 g/mol. The molecule has 0 saturated heterocycles. The number of phenols is 1. The van der Waals surface area contributed by atoms with Crippen LogP contribution in [0.2, 0.25) is 5.02 Å². The van der Waals surface area contributed by atoms with Crippen molar-refractivity contribution in [3.05, 3.63) is 38.7 Å². The van der Waals surface area contributed by atoms with Crippen molar-refractivity contribution >= 4 is 11.6 Å². The van der Waals surface area contributed by atoms with Crippen molar-refractivity contribution in [1.29, 1.82) is 0 Å². The van der Waals surface area contributed by atoms with Crippen LogP contribution in [0.5, 0.6) is 5.75 Å². The molecular formula is C10H12ClN3O3. The third kappa shape index (κ3) is 3.25. The Morgan fingerprint density at radius 1 is 1.47 bits per heavy atom. The first-order chi connectivity index (χ1) is 7.97. The van der Waals surface area contributed by atoms with Gasteiger partial charge in [-0.2, -0.15) is 0 Å². The molecule has 2 atom stereocenters. The molecule has 0 aliphatic rings. The highest BCUT2D eigenvalue weighted by Gasteiger charge is 2.22. The summed E-state index contributed by atoms with van der Waals surface area (Å²) in [4.78, 5) is 2.47. The van der Waals surface area contributed by atoms with E-state index in [2.05, 4.69) is 10.0 Å². The van der Waals surface area contributed by atoms with Gasteiger partial charge in [0.15, 0.2) is 0 Å². The molecule has 0 aromatic heterocycles. The molecule has 0 amide bonds. The SMILES string of the molecule is Cc1cc(Cl)cc(C(O)C(O)CN=[N+]=[N-])c1O. The topological polar surface area (TPSA) is 109 Å². The lowest BCUT2D eigenvalue weighted by molar-refractivity contribution is 0.0230. The molecule has 1 aromatic carbocycles. The van der Waals surface area contributed by atoms with Crippen molar-refractivity contribution in [3.8, 4) is 5.75 Å². The third-order valence-corrected chi connectivity index (χ3v) is 2.53. The summed E-state index contributed by atoms with van der Waals surface area (Å²) in [5, 5.41) is 32.6. The molecule has 1 rings (SSSR count). The van der Waals surface area contributed by atoms with E-state index in [1.54, 1.807) is 6.92 Å². The molecule has 3 N–H and O–H groups in total. The van der Waals surface area contributed by atoms with Crippen LogP contribution in [-0.4, -0.2) is 28.0 Å². The summed E-state index contributed by atoms with van der Waals surface area (Å²) in [6.45, 7) is 1.33. The van der Waals surface area contributed by atoms with E-state index in [1.807, 2.05) is 0 Å². The molecule has 17 heavy (non-hydrogen) atoms. The summed E-state index contributed by atoms with van der Waals surface area (Å²) in [7, 11) is 0. The lowest BCUT2D eigenvalue weighted by Gasteiger charge is -2.18. The van der Waals surface area contributed by atoms with E-state index < -0.39 is 12.2 Å². The van der Waals surface area contributed by atoms with Crippen molar-refractivity contribution in [3.63, 3.8) is 0 Å². The Bertz CT molecular complexity index is 460. The highest BCUT2D eigenvalue weighted by molar-refractivity contribution is 6.30. The number of aromatic hydroxyl groups is 1. The maximum absolute atomic E-state index is 9.79. The fraction of sp³-hybridized carbons (Fsp3) is 0.400. The molecule has 0 saturated carbocycles. The van der Waals surface area contributed by atoms with E-state index >= 15 is 0 Å². The molecule has 0 spiro atoms. The standard InChI is InChI=1S/C10H12ClN3O3/c1-5-2-6(11)3-7(9(5)16)10(17)8(15)4-13-14-12/h2-3,8,10,15-17H,4H2,1H3. The predicted octanol–water partition coefficient (Wildman–Crippen LogP) is 2.06. The Hall–Kier alpha value is -1.46. The second-order valence-corrected chi connectivity index (χ2v) is 4.02. The molecule has 0 heterocycles. The van der Waals surface area contributed by atoms with Gasteiger partial charge >= 0.3 is 0 Å². The second kappa shape index (κ2) is 5.75. The Kier molecular flexibility index (Phi) is 4.60. The third-order valence-electron chi connectivity index (χ3n) is 2.31. The molecule has 7 heteroatoms. The molecule has 0 radical (unpaired) electrons. The smallest absolute Gasteiger partial charge is 0.124 e. The molecule has 0 bridgehead atoms. The van der Waals surface area contributed by atoms with Crippen molar-refractivity contribution in [1.82, 2.24) is 0 Å². The van der Waals surface area contributed by atoms with Gasteiger partial charge < -0.3 is 15.3 Å². The first-order valence-electron chi connectivity index (χ1n) is 4.83. The minimum Gasteiger partial charge on any atom is -0.507 e. The van der Waals surface area contributed by atoms with Crippen LogP contribution >= 0.6 is 11.6 Å². The van der Waals surface area contributed by atoms with Crippen LogP contribution < -0.4 is 0 Å². The molecule has 0 fully saturated rings. The van der Waals surface area contributed by atoms with Gasteiger partial charge in [0.25, 0.3) is 0 Å². The van der Waals surface area contributed by atoms with Crippen LogP contribution in [0.4, 0.5) is 0 Å². The van der Waals surface area contributed by atoms with E-state index in [9.17, 15) is 15.3 Å². The Balaban J connectivity index is 3.02. The predicted molar refractivity (Wildman–Crippen MR) is 62.8 cm³/mol. The van der Waals surface area contributed by atoms with E-state index in [-0.39, 0.29) is 17.9 Å². The van der Waals surface area contributed by atoms with Crippen molar-refractivity contribution in [2.75, 3.05) is 6.54 Å². The zero-order valence-electron chi connectivity index (χ0n) is 9.08. The molecule has 0 aliphatic heterocycles. The van der Waals surface area contributed by atoms with Gasteiger partial charge in [-0.05, 0) is 30.2 Å². The highest BCUT2D eigenvalue weighted by atomic mass is 35.5. The van der Waals surface area contributed by atoms with Crippen LogP contribution in [0.3, 0.4) is 0 Å². The minimum absolute atomic E-state index is 0.107. The summed E-state index contributed by atoms with van der Waals surface area (Å²) < 4.78 is 0. The minimum atomic E-state index is -1.36. The Morgan fingerprint density at radius 3 is 2.71 bits per heavy atom. The van der Waals surface area contributed by atoms with Crippen molar-refractivity contribution in [2.24, 2.45) is 5.11 Å². The number of benzene rings is 1. The molecule has 92 valence electrons. The van der Waals surface area contributed by atoms with E-state index in [1.165, 1.54) is 12.1 Å². The number of nitrogens with zero attached hydrogens (tertiary/aromatic N) is 3. The van der Waals surface area contributed by atoms with E-state index in [0.29, 0.717) is 10.6 Å². The Morgan fingerprint density at radius 2 is 2.12 bits per heavy atom. The molecule has 0 aliphatic carbocycles. The van der Waals surface area contributed by atoms with Gasteiger partial charge in [-0.3, -0.25) is 0 Å². The van der Waals surface area contributed by atoms with Crippen LogP contribution in [0.1, 0.15) is 17.2 Å². The zero-order chi connectivity index (χ0) is 13.0. The average molecular weight is 258 g/mol. The van der Waals surface area contributed by atoms with Crippen molar-refractivity contribution < 1.29 is 15.3 Å². The number of hydrogen-bond acceptors (Lipinski definition) is 4. The number of phenolic OH excluding ortho intramolecular Hbond substituents is 1. The van der Waals surface area contributed by atoms with Crippen molar-refractivity contribution in [2.45, 2.75) is 19.1 Å². The van der Waals surface area contributed by atoms with Crippen LogP contribution in [0, 0.1) is 6.92 Å². The lowest BCUT2D eigenvalue weighted by Crippen LogP contribution is -2.21. The van der Waals surface area contributed by atoms with Gasteiger partial charge in [0.1, 0.15) is 11.9 Å². The van der Waals surface area contributed by atoms with Gasteiger partial charge in [0, 0.05) is 15.5 Å². The zero-order valence-corrected chi connectivity index (χ0v) is 9.83.